The summed E-state index contributed by atoms with van der Waals surface area (Å²) in [5.41, 5.74) is 3.43. The van der Waals surface area contributed by atoms with Gasteiger partial charge in [-0.2, -0.15) is 0 Å². The molecule has 0 aliphatic heterocycles. The number of aryl methyl sites for hydroxylation is 1. The second-order valence-corrected chi connectivity index (χ2v) is 11.4. The molecule has 8 heteroatoms. The number of amides is 2. The van der Waals surface area contributed by atoms with Crippen LogP contribution in [0.5, 0.6) is 0 Å². The predicted molar refractivity (Wildman–Crippen MR) is 142 cm³/mol. The van der Waals surface area contributed by atoms with Crippen LogP contribution in [0, 0.1) is 6.92 Å². The molecule has 2 aromatic carbocycles. The van der Waals surface area contributed by atoms with Crippen molar-refractivity contribution in [3.05, 3.63) is 65.2 Å². The first kappa shape index (κ1) is 28.4. The van der Waals surface area contributed by atoms with Crippen LogP contribution in [0.15, 0.2) is 48.5 Å². The highest BCUT2D eigenvalue weighted by Crippen LogP contribution is 2.23. The van der Waals surface area contributed by atoms with Gasteiger partial charge in [-0.25, -0.2) is 8.42 Å². The van der Waals surface area contributed by atoms with E-state index >= 15 is 0 Å². The Balaban J connectivity index is 2.37. The number of benzene rings is 2. The molecule has 0 radical (unpaired) electrons. The molecule has 0 heterocycles. The Labute approximate surface area is 210 Å². The molecule has 0 aromatic heterocycles. The van der Waals surface area contributed by atoms with Gasteiger partial charge in [-0.15, -0.1) is 0 Å². The van der Waals surface area contributed by atoms with E-state index in [1.807, 2.05) is 57.2 Å². The number of nitrogens with one attached hydrogen (secondary N) is 1. The maximum atomic E-state index is 13.6. The summed E-state index contributed by atoms with van der Waals surface area (Å²) in [7, 11) is -3.74. The SMILES string of the molecule is CC[C@@H](C)NC(=O)[C@H](C)N(Cc1ccc(C)cc1)C(=O)CN(c1ccc(C(C)C)cc1)S(C)(=O)=O. The summed E-state index contributed by atoms with van der Waals surface area (Å²) in [6.45, 7) is 11.4. The Morgan fingerprint density at radius 1 is 0.943 bits per heavy atom. The van der Waals surface area contributed by atoms with Crippen LogP contribution < -0.4 is 9.62 Å². The standard InChI is InChI=1S/C27H39N3O4S/c1-8-21(5)28-27(32)22(6)29(17-23-11-9-20(4)10-12-23)26(31)18-30(35(7,33)34)25-15-13-24(14-16-25)19(2)3/h9-16,19,21-22H,8,17-18H2,1-7H3,(H,28,32)/t21-,22+/m1/s1. The number of carbonyl (C=O) groups is 2. The third-order valence-electron chi connectivity index (χ3n) is 6.17. The molecule has 0 aliphatic carbocycles. The molecule has 2 rings (SSSR count). The maximum Gasteiger partial charge on any atom is 0.244 e. The van der Waals surface area contributed by atoms with Gasteiger partial charge in [0.15, 0.2) is 0 Å². The average molecular weight is 502 g/mol. The number of hydrogen-bond donors (Lipinski definition) is 1. The lowest BCUT2D eigenvalue weighted by atomic mass is 10.0. The number of nitrogens with zero attached hydrogens (tertiary/aromatic N) is 2. The molecule has 2 atom stereocenters. The van der Waals surface area contributed by atoms with Gasteiger partial charge in [0.2, 0.25) is 21.8 Å². The maximum absolute atomic E-state index is 13.6. The van der Waals surface area contributed by atoms with Crippen LogP contribution in [0.1, 0.15) is 63.6 Å². The van der Waals surface area contributed by atoms with Gasteiger partial charge in [0.25, 0.3) is 0 Å². The molecule has 0 aliphatic rings. The summed E-state index contributed by atoms with van der Waals surface area (Å²) in [5.74, 6) is -0.421. The van der Waals surface area contributed by atoms with Gasteiger partial charge in [-0.3, -0.25) is 13.9 Å². The Morgan fingerprint density at radius 2 is 1.51 bits per heavy atom. The molecular formula is C27H39N3O4S. The second kappa shape index (κ2) is 12.2. The molecule has 1 N–H and O–H groups in total. The fourth-order valence-corrected chi connectivity index (χ4v) is 4.43. The van der Waals surface area contributed by atoms with Crippen molar-refractivity contribution in [3.8, 4) is 0 Å². The summed E-state index contributed by atoms with van der Waals surface area (Å²) in [6, 6.07) is 14.1. The van der Waals surface area contributed by atoms with Crippen LogP contribution in [0.3, 0.4) is 0 Å². The zero-order valence-corrected chi connectivity index (χ0v) is 22.7. The quantitative estimate of drug-likeness (QED) is 0.500. The van der Waals surface area contributed by atoms with Crippen molar-refractivity contribution < 1.29 is 18.0 Å². The number of rotatable bonds is 11. The zero-order valence-electron chi connectivity index (χ0n) is 21.9. The molecule has 0 saturated carbocycles. The first-order valence-corrected chi connectivity index (χ1v) is 13.9. The van der Waals surface area contributed by atoms with E-state index in [9.17, 15) is 18.0 Å². The second-order valence-electron chi connectivity index (χ2n) is 9.52. The third kappa shape index (κ3) is 8.09. The molecule has 192 valence electrons. The highest BCUT2D eigenvalue weighted by atomic mass is 32.2. The fraction of sp³-hybridized carbons (Fsp3) is 0.481. The van der Waals surface area contributed by atoms with Crippen LogP contribution in [0.25, 0.3) is 0 Å². The lowest BCUT2D eigenvalue weighted by Gasteiger charge is -2.32. The van der Waals surface area contributed by atoms with Crippen molar-refractivity contribution in [2.24, 2.45) is 0 Å². The molecule has 35 heavy (non-hydrogen) atoms. The van der Waals surface area contributed by atoms with E-state index in [0.717, 1.165) is 33.7 Å². The van der Waals surface area contributed by atoms with Crippen molar-refractivity contribution in [2.45, 2.75) is 72.5 Å². The van der Waals surface area contributed by atoms with Gasteiger partial charge in [0.1, 0.15) is 12.6 Å². The van der Waals surface area contributed by atoms with Gasteiger partial charge in [-0.05, 0) is 56.4 Å². The van der Waals surface area contributed by atoms with Crippen molar-refractivity contribution in [1.82, 2.24) is 10.2 Å². The van der Waals surface area contributed by atoms with Crippen LogP contribution in [0.2, 0.25) is 0 Å². The minimum atomic E-state index is -3.74. The van der Waals surface area contributed by atoms with Gasteiger partial charge in [-0.1, -0.05) is 62.7 Å². The van der Waals surface area contributed by atoms with Gasteiger partial charge >= 0.3 is 0 Å². The summed E-state index contributed by atoms with van der Waals surface area (Å²) < 4.78 is 26.4. The predicted octanol–water partition coefficient (Wildman–Crippen LogP) is 4.22. The van der Waals surface area contributed by atoms with Crippen molar-refractivity contribution in [3.63, 3.8) is 0 Å². The normalized spacial score (nSPS) is 13.3. The summed E-state index contributed by atoms with van der Waals surface area (Å²) in [6.07, 6.45) is 1.85. The lowest BCUT2D eigenvalue weighted by molar-refractivity contribution is -0.139. The highest BCUT2D eigenvalue weighted by Gasteiger charge is 2.30. The monoisotopic (exact) mass is 501 g/mol. The largest absolute Gasteiger partial charge is 0.352 e. The lowest BCUT2D eigenvalue weighted by Crippen LogP contribution is -2.52. The van der Waals surface area contributed by atoms with E-state index < -0.39 is 28.5 Å². The van der Waals surface area contributed by atoms with E-state index in [2.05, 4.69) is 19.2 Å². The van der Waals surface area contributed by atoms with Crippen molar-refractivity contribution in [2.75, 3.05) is 17.1 Å². The van der Waals surface area contributed by atoms with E-state index in [1.54, 1.807) is 19.1 Å². The van der Waals surface area contributed by atoms with Gasteiger partial charge < -0.3 is 10.2 Å². The number of sulfonamides is 1. The zero-order chi connectivity index (χ0) is 26.3. The van der Waals surface area contributed by atoms with Crippen LogP contribution >= 0.6 is 0 Å². The van der Waals surface area contributed by atoms with E-state index in [1.165, 1.54) is 4.90 Å². The molecular weight excluding hydrogens is 462 g/mol. The molecule has 2 aromatic rings. The molecule has 0 spiro atoms. The summed E-state index contributed by atoms with van der Waals surface area (Å²) in [5, 5.41) is 2.93. The third-order valence-corrected chi connectivity index (χ3v) is 7.31. The first-order valence-electron chi connectivity index (χ1n) is 12.1. The van der Waals surface area contributed by atoms with Gasteiger partial charge in [0, 0.05) is 12.6 Å². The Hall–Kier alpha value is -2.87. The molecule has 0 saturated heterocycles. The Morgan fingerprint density at radius 3 is 2.00 bits per heavy atom. The van der Waals surface area contributed by atoms with Crippen LogP contribution in [-0.4, -0.2) is 50.0 Å². The smallest absolute Gasteiger partial charge is 0.244 e. The average Bonchev–Trinajstić information content (AvgIpc) is 2.80. The Kier molecular flexibility index (Phi) is 9.89. The molecule has 0 fully saturated rings. The summed E-state index contributed by atoms with van der Waals surface area (Å²) >= 11 is 0. The Bertz CT molecular complexity index is 1100. The first-order chi connectivity index (χ1) is 16.3. The molecule has 0 bridgehead atoms. The topological polar surface area (TPSA) is 86.8 Å². The van der Waals surface area contributed by atoms with Crippen molar-refractivity contribution in [1.29, 1.82) is 0 Å². The van der Waals surface area contributed by atoms with E-state index in [4.69, 9.17) is 0 Å². The number of anilines is 1. The fourth-order valence-electron chi connectivity index (χ4n) is 3.58. The minimum absolute atomic E-state index is 0.0340. The molecule has 7 nitrogen and oxygen atoms in total. The summed E-state index contributed by atoms with van der Waals surface area (Å²) in [4.78, 5) is 27.9. The highest BCUT2D eigenvalue weighted by molar-refractivity contribution is 7.92. The minimum Gasteiger partial charge on any atom is -0.352 e. The van der Waals surface area contributed by atoms with E-state index in [-0.39, 0.29) is 18.5 Å². The number of hydrogen-bond acceptors (Lipinski definition) is 4. The van der Waals surface area contributed by atoms with Crippen molar-refractivity contribution >= 4 is 27.5 Å². The van der Waals surface area contributed by atoms with Gasteiger partial charge in [0.05, 0.1) is 11.9 Å². The van der Waals surface area contributed by atoms with E-state index in [0.29, 0.717) is 11.6 Å². The molecule has 2 amide bonds. The number of carbonyl (C=O) groups excluding carboxylic acids is 2. The van der Waals surface area contributed by atoms with Crippen LogP contribution in [0.4, 0.5) is 5.69 Å². The van der Waals surface area contributed by atoms with Crippen LogP contribution in [-0.2, 0) is 26.2 Å². The molecule has 0 unspecified atom stereocenters.